The molecule has 1 fully saturated rings. The van der Waals surface area contributed by atoms with Gasteiger partial charge in [-0.15, -0.1) is 0 Å². The molecule has 0 bridgehead atoms. The molecule has 2 heterocycles. The predicted molar refractivity (Wildman–Crippen MR) is 75.7 cm³/mol. The normalized spacial score (nSPS) is 16.2. The summed E-state index contributed by atoms with van der Waals surface area (Å²) in [6.07, 6.45) is 3.51. The van der Waals surface area contributed by atoms with Gasteiger partial charge < -0.3 is 10.6 Å². The van der Waals surface area contributed by atoms with Gasteiger partial charge in [0.2, 0.25) is 0 Å². The van der Waals surface area contributed by atoms with Crippen molar-refractivity contribution in [1.29, 1.82) is 0 Å². The summed E-state index contributed by atoms with van der Waals surface area (Å²) in [5.41, 5.74) is 0.766. The van der Waals surface area contributed by atoms with Crippen LogP contribution in [0.2, 0.25) is 0 Å². The highest BCUT2D eigenvalue weighted by atomic mass is 16.6. The molecule has 0 aliphatic carbocycles. The number of nitro benzene ring substituents is 1. The van der Waals surface area contributed by atoms with Gasteiger partial charge in [0.1, 0.15) is 12.1 Å². The molecule has 3 rings (SSSR count). The number of rotatable bonds is 3. The molecule has 0 unspecified atom stereocenters. The molecule has 0 saturated carbocycles. The van der Waals surface area contributed by atoms with Crippen LogP contribution in [0.25, 0.3) is 10.9 Å². The fourth-order valence-corrected chi connectivity index (χ4v) is 2.43. The number of fused-ring (bicyclic) bond motifs is 1. The Labute approximate surface area is 115 Å². The van der Waals surface area contributed by atoms with Crippen LogP contribution < -0.4 is 10.6 Å². The number of non-ortho nitro benzene ring substituents is 1. The van der Waals surface area contributed by atoms with Crippen molar-refractivity contribution < 1.29 is 4.92 Å². The lowest BCUT2D eigenvalue weighted by molar-refractivity contribution is -0.384. The van der Waals surface area contributed by atoms with E-state index in [-0.39, 0.29) is 5.69 Å². The number of piperidine rings is 1. The van der Waals surface area contributed by atoms with Crippen molar-refractivity contribution in [1.82, 2.24) is 15.3 Å². The molecule has 0 spiro atoms. The third kappa shape index (κ3) is 2.53. The monoisotopic (exact) mass is 273 g/mol. The minimum absolute atomic E-state index is 0.0562. The summed E-state index contributed by atoms with van der Waals surface area (Å²) >= 11 is 0. The number of nitrogens with one attached hydrogen (secondary N) is 2. The number of hydrogen-bond acceptors (Lipinski definition) is 6. The molecule has 1 aromatic carbocycles. The molecule has 1 aliphatic rings. The van der Waals surface area contributed by atoms with E-state index >= 15 is 0 Å². The largest absolute Gasteiger partial charge is 0.367 e. The zero-order chi connectivity index (χ0) is 13.9. The summed E-state index contributed by atoms with van der Waals surface area (Å²) in [5.74, 6) is 0.672. The van der Waals surface area contributed by atoms with Crippen molar-refractivity contribution in [2.24, 2.45) is 0 Å². The predicted octanol–water partition coefficient (Wildman–Crippen LogP) is 1.70. The molecule has 0 atom stereocenters. The highest BCUT2D eigenvalue weighted by Crippen LogP contribution is 2.25. The van der Waals surface area contributed by atoms with Gasteiger partial charge in [0.05, 0.1) is 10.4 Å². The topological polar surface area (TPSA) is 93.0 Å². The van der Waals surface area contributed by atoms with Crippen LogP contribution in [0.15, 0.2) is 24.5 Å². The Balaban J connectivity index is 1.96. The van der Waals surface area contributed by atoms with Crippen molar-refractivity contribution >= 4 is 22.4 Å². The number of aromatic nitrogens is 2. The Morgan fingerprint density at radius 2 is 2.10 bits per heavy atom. The highest BCUT2D eigenvalue weighted by Gasteiger charge is 2.16. The summed E-state index contributed by atoms with van der Waals surface area (Å²) in [6.45, 7) is 1.95. The number of nitro groups is 1. The molecule has 1 saturated heterocycles. The average molecular weight is 273 g/mol. The summed E-state index contributed by atoms with van der Waals surface area (Å²) in [5, 5.41) is 18.3. The van der Waals surface area contributed by atoms with E-state index in [0.717, 1.165) is 25.9 Å². The van der Waals surface area contributed by atoms with Crippen LogP contribution in [0.1, 0.15) is 12.8 Å². The Kier molecular flexibility index (Phi) is 3.42. The molecule has 0 radical (unpaired) electrons. The Bertz CT molecular complexity index is 640. The summed E-state index contributed by atoms with van der Waals surface area (Å²) in [7, 11) is 0. The van der Waals surface area contributed by atoms with Crippen LogP contribution in [0, 0.1) is 10.1 Å². The fourth-order valence-electron chi connectivity index (χ4n) is 2.43. The second-order valence-electron chi connectivity index (χ2n) is 4.85. The van der Waals surface area contributed by atoms with Gasteiger partial charge in [-0.25, -0.2) is 9.97 Å². The molecule has 2 aromatic rings. The van der Waals surface area contributed by atoms with Crippen molar-refractivity contribution in [2.75, 3.05) is 18.4 Å². The quantitative estimate of drug-likeness (QED) is 0.653. The van der Waals surface area contributed by atoms with E-state index in [4.69, 9.17) is 0 Å². The van der Waals surface area contributed by atoms with E-state index in [1.807, 2.05) is 0 Å². The second-order valence-corrected chi connectivity index (χ2v) is 4.85. The lowest BCUT2D eigenvalue weighted by atomic mass is 10.1. The van der Waals surface area contributed by atoms with Gasteiger partial charge >= 0.3 is 0 Å². The van der Waals surface area contributed by atoms with Gasteiger partial charge in [0, 0.05) is 23.6 Å². The van der Waals surface area contributed by atoms with Crippen molar-refractivity contribution in [3.8, 4) is 0 Å². The molecule has 1 aliphatic heterocycles. The minimum Gasteiger partial charge on any atom is -0.367 e. The maximum atomic E-state index is 10.9. The molecular formula is C13H15N5O2. The summed E-state index contributed by atoms with van der Waals surface area (Å²) in [4.78, 5) is 18.9. The maximum Gasteiger partial charge on any atom is 0.270 e. The Hall–Kier alpha value is -2.28. The minimum atomic E-state index is -0.402. The van der Waals surface area contributed by atoms with Crippen LogP contribution in [0.3, 0.4) is 0 Å². The highest BCUT2D eigenvalue weighted by molar-refractivity contribution is 5.90. The first-order chi connectivity index (χ1) is 9.74. The molecular weight excluding hydrogens is 258 g/mol. The number of nitrogens with zero attached hydrogens (tertiary/aromatic N) is 3. The number of benzene rings is 1. The van der Waals surface area contributed by atoms with Crippen molar-refractivity contribution in [2.45, 2.75) is 18.9 Å². The summed E-state index contributed by atoms with van der Waals surface area (Å²) < 4.78 is 0. The van der Waals surface area contributed by atoms with E-state index in [9.17, 15) is 10.1 Å². The number of hydrogen-bond donors (Lipinski definition) is 2. The molecule has 0 amide bonds. The molecule has 104 valence electrons. The van der Waals surface area contributed by atoms with Gasteiger partial charge in [0.15, 0.2) is 0 Å². The van der Waals surface area contributed by atoms with Gasteiger partial charge in [0.25, 0.3) is 5.69 Å². The van der Waals surface area contributed by atoms with E-state index < -0.39 is 4.92 Å². The summed E-state index contributed by atoms with van der Waals surface area (Å²) in [6, 6.07) is 4.99. The second kappa shape index (κ2) is 5.38. The van der Waals surface area contributed by atoms with Crippen molar-refractivity contribution in [3.05, 3.63) is 34.6 Å². The van der Waals surface area contributed by atoms with Crippen LogP contribution in [-0.2, 0) is 0 Å². The van der Waals surface area contributed by atoms with E-state index in [1.165, 1.54) is 18.5 Å². The van der Waals surface area contributed by atoms with Crippen LogP contribution in [0.4, 0.5) is 11.5 Å². The average Bonchev–Trinajstić information content (AvgIpc) is 2.48. The number of anilines is 1. The SMILES string of the molecule is O=[N+]([O-])c1ccc2ncnc(NC3CCNCC3)c2c1. The molecule has 1 aromatic heterocycles. The van der Waals surface area contributed by atoms with E-state index in [2.05, 4.69) is 20.6 Å². The first-order valence-electron chi connectivity index (χ1n) is 6.60. The van der Waals surface area contributed by atoms with Crippen LogP contribution >= 0.6 is 0 Å². The third-order valence-electron chi connectivity index (χ3n) is 3.51. The Morgan fingerprint density at radius 3 is 2.85 bits per heavy atom. The Morgan fingerprint density at radius 1 is 1.30 bits per heavy atom. The zero-order valence-corrected chi connectivity index (χ0v) is 10.9. The smallest absolute Gasteiger partial charge is 0.270 e. The molecule has 7 nitrogen and oxygen atoms in total. The van der Waals surface area contributed by atoms with Crippen LogP contribution in [0.5, 0.6) is 0 Å². The third-order valence-corrected chi connectivity index (χ3v) is 3.51. The first kappa shape index (κ1) is 12.7. The van der Waals surface area contributed by atoms with E-state index in [1.54, 1.807) is 6.07 Å². The van der Waals surface area contributed by atoms with Gasteiger partial charge in [-0.05, 0) is 32.0 Å². The lowest BCUT2D eigenvalue weighted by Gasteiger charge is -2.24. The van der Waals surface area contributed by atoms with Gasteiger partial charge in [-0.3, -0.25) is 10.1 Å². The first-order valence-corrected chi connectivity index (χ1v) is 6.60. The maximum absolute atomic E-state index is 10.9. The standard InChI is InChI=1S/C13H15N5O2/c19-18(20)10-1-2-12-11(7-10)13(16-8-15-12)17-9-3-5-14-6-4-9/h1-2,7-9,14H,3-6H2,(H,15,16,17). The van der Waals surface area contributed by atoms with Crippen LogP contribution in [-0.4, -0.2) is 34.0 Å². The molecule has 2 N–H and O–H groups in total. The van der Waals surface area contributed by atoms with E-state index in [0.29, 0.717) is 22.8 Å². The van der Waals surface area contributed by atoms with Gasteiger partial charge in [-0.1, -0.05) is 0 Å². The van der Waals surface area contributed by atoms with Crippen molar-refractivity contribution in [3.63, 3.8) is 0 Å². The fraction of sp³-hybridized carbons (Fsp3) is 0.385. The molecule has 7 heteroatoms. The zero-order valence-electron chi connectivity index (χ0n) is 10.9. The lowest BCUT2D eigenvalue weighted by Crippen LogP contribution is -2.35. The molecule has 20 heavy (non-hydrogen) atoms. The van der Waals surface area contributed by atoms with Gasteiger partial charge in [-0.2, -0.15) is 0 Å².